The fraction of sp³-hybridized carbons (Fsp3) is 0.0769. The van der Waals surface area contributed by atoms with Gasteiger partial charge in [-0.1, -0.05) is 23.7 Å². The zero-order valence-electron chi connectivity index (χ0n) is 11.3. The van der Waals surface area contributed by atoms with Gasteiger partial charge in [-0.25, -0.2) is 8.42 Å². The molecule has 2 aromatic carbocycles. The number of aryl methyl sites for hydroxylation is 1. The third kappa shape index (κ3) is 3.12. The Morgan fingerprint density at radius 2 is 1.95 bits per heavy atom. The summed E-state index contributed by atoms with van der Waals surface area (Å²) in [4.78, 5) is 9.59. The summed E-state index contributed by atoms with van der Waals surface area (Å²) < 4.78 is 26.9. The van der Waals surface area contributed by atoms with Crippen molar-refractivity contribution in [2.24, 2.45) is 0 Å². The lowest BCUT2D eigenvalue weighted by molar-refractivity contribution is -0.387. The first kappa shape index (κ1) is 16.1. The molecule has 0 spiro atoms. The number of phenolic OH excluding ortho intramolecular Hbond substituents is 1. The van der Waals surface area contributed by atoms with E-state index in [9.17, 15) is 23.6 Å². The van der Waals surface area contributed by atoms with E-state index in [0.29, 0.717) is 5.56 Å². The minimum atomic E-state index is -4.29. The van der Waals surface area contributed by atoms with Crippen molar-refractivity contribution in [1.29, 1.82) is 0 Å². The fourth-order valence-electron chi connectivity index (χ4n) is 1.83. The van der Waals surface area contributed by atoms with Crippen LogP contribution in [0.3, 0.4) is 0 Å². The number of nitrogens with one attached hydrogen (secondary N) is 1. The molecule has 0 aliphatic rings. The quantitative estimate of drug-likeness (QED) is 0.504. The zero-order chi connectivity index (χ0) is 16.5. The van der Waals surface area contributed by atoms with Gasteiger partial charge in [0, 0.05) is 11.1 Å². The van der Waals surface area contributed by atoms with Gasteiger partial charge < -0.3 is 5.11 Å². The van der Waals surface area contributed by atoms with Crippen molar-refractivity contribution in [1.82, 2.24) is 0 Å². The minimum absolute atomic E-state index is 0.0416. The fourth-order valence-corrected chi connectivity index (χ4v) is 3.41. The molecular formula is C13H11ClN2O5S. The summed E-state index contributed by atoms with van der Waals surface area (Å²) in [6, 6.07) is 7.65. The number of para-hydroxylation sites is 1. The second-order valence-corrected chi connectivity index (χ2v) is 6.53. The van der Waals surface area contributed by atoms with Gasteiger partial charge in [-0.2, -0.15) is 0 Å². The average molecular weight is 343 g/mol. The van der Waals surface area contributed by atoms with Gasteiger partial charge in [0.1, 0.15) is 5.75 Å². The van der Waals surface area contributed by atoms with Crippen LogP contribution in [0.1, 0.15) is 5.56 Å². The molecule has 0 bridgehead atoms. The Balaban J connectivity index is 2.57. The maximum Gasteiger partial charge on any atom is 0.289 e. The summed E-state index contributed by atoms with van der Waals surface area (Å²) in [7, 11) is -4.29. The largest absolute Gasteiger partial charge is 0.506 e. The molecule has 2 N–H and O–H groups in total. The molecule has 116 valence electrons. The van der Waals surface area contributed by atoms with Crippen LogP contribution < -0.4 is 4.72 Å². The molecule has 2 aromatic rings. The number of aromatic hydroxyl groups is 1. The normalized spacial score (nSPS) is 11.2. The van der Waals surface area contributed by atoms with E-state index in [0.717, 1.165) is 12.1 Å². The Morgan fingerprint density at radius 1 is 1.27 bits per heavy atom. The van der Waals surface area contributed by atoms with E-state index < -0.39 is 25.5 Å². The molecular weight excluding hydrogens is 332 g/mol. The highest BCUT2D eigenvalue weighted by Gasteiger charge is 2.27. The Labute approximate surface area is 131 Å². The number of sulfonamides is 1. The first-order valence-electron chi connectivity index (χ1n) is 5.97. The second-order valence-electron chi connectivity index (χ2n) is 4.44. The first-order chi connectivity index (χ1) is 10.2. The van der Waals surface area contributed by atoms with Gasteiger partial charge in [0.15, 0.2) is 4.90 Å². The van der Waals surface area contributed by atoms with E-state index in [1.807, 2.05) is 0 Å². The third-order valence-corrected chi connectivity index (χ3v) is 4.51. The highest BCUT2D eigenvalue weighted by Crippen LogP contribution is 2.32. The molecule has 0 heterocycles. The number of anilines is 1. The standard InChI is InChI=1S/C13H11ClN2O5S/c1-8-3-2-4-11(17)13(8)15-22(20,21)12-7-9(14)5-6-10(12)16(18)19/h2-7,15,17H,1H3. The highest BCUT2D eigenvalue weighted by atomic mass is 35.5. The molecule has 0 fully saturated rings. The Kier molecular flexibility index (Phi) is 4.25. The van der Waals surface area contributed by atoms with Gasteiger partial charge >= 0.3 is 0 Å². The predicted octanol–water partition coefficient (Wildman–Crippen LogP) is 3.06. The SMILES string of the molecule is Cc1cccc(O)c1NS(=O)(=O)c1cc(Cl)ccc1[N+](=O)[O-]. The summed E-state index contributed by atoms with van der Waals surface area (Å²) in [5.41, 5.74) is -0.185. The number of halogens is 1. The molecule has 0 saturated carbocycles. The van der Waals surface area contributed by atoms with Gasteiger partial charge in [-0.3, -0.25) is 14.8 Å². The molecule has 0 unspecified atom stereocenters. The van der Waals surface area contributed by atoms with E-state index in [-0.39, 0.29) is 16.5 Å². The summed E-state index contributed by atoms with van der Waals surface area (Å²) in [5, 5.41) is 20.8. The number of hydrogen-bond donors (Lipinski definition) is 2. The zero-order valence-corrected chi connectivity index (χ0v) is 12.9. The topological polar surface area (TPSA) is 110 Å². The predicted molar refractivity (Wildman–Crippen MR) is 81.8 cm³/mol. The van der Waals surface area contributed by atoms with E-state index >= 15 is 0 Å². The van der Waals surface area contributed by atoms with Crippen LogP contribution in [0.15, 0.2) is 41.3 Å². The van der Waals surface area contributed by atoms with Crippen molar-refractivity contribution in [2.45, 2.75) is 11.8 Å². The highest BCUT2D eigenvalue weighted by molar-refractivity contribution is 7.92. The molecule has 9 heteroatoms. The van der Waals surface area contributed by atoms with Crippen LogP contribution in [0.4, 0.5) is 11.4 Å². The van der Waals surface area contributed by atoms with Gasteiger partial charge in [0.05, 0.1) is 10.6 Å². The van der Waals surface area contributed by atoms with Crippen molar-refractivity contribution in [3.63, 3.8) is 0 Å². The smallest absolute Gasteiger partial charge is 0.289 e. The lowest BCUT2D eigenvalue weighted by Crippen LogP contribution is -2.15. The monoisotopic (exact) mass is 342 g/mol. The van der Waals surface area contributed by atoms with Gasteiger partial charge in [-0.05, 0) is 30.7 Å². The molecule has 0 radical (unpaired) electrons. The summed E-state index contributed by atoms with van der Waals surface area (Å²) in [5.74, 6) is -0.284. The van der Waals surface area contributed by atoms with Crippen molar-refractivity contribution >= 4 is 33.0 Å². The lowest BCUT2D eigenvalue weighted by atomic mass is 10.2. The minimum Gasteiger partial charge on any atom is -0.506 e. The average Bonchev–Trinajstić information content (AvgIpc) is 2.42. The van der Waals surface area contributed by atoms with E-state index in [4.69, 9.17) is 11.6 Å². The summed E-state index contributed by atoms with van der Waals surface area (Å²) in [6.45, 7) is 1.59. The van der Waals surface area contributed by atoms with E-state index in [2.05, 4.69) is 4.72 Å². The number of phenols is 1. The number of nitro benzene ring substituents is 1. The van der Waals surface area contributed by atoms with Gasteiger partial charge in [0.25, 0.3) is 15.7 Å². The molecule has 0 saturated heterocycles. The molecule has 0 atom stereocenters. The molecule has 2 rings (SSSR count). The van der Waals surface area contributed by atoms with Crippen molar-refractivity contribution in [3.05, 3.63) is 57.1 Å². The molecule has 0 aromatic heterocycles. The molecule has 0 aliphatic heterocycles. The third-order valence-electron chi connectivity index (χ3n) is 2.90. The van der Waals surface area contributed by atoms with Crippen LogP contribution in [-0.2, 0) is 10.0 Å². The maximum absolute atomic E-state index is 12.4. The number of nitro groups is 1. The molecule has 7 nitrogen and oxygen atoms in total. The number of hydrogen-bond acceptors (Lipinski definition) is 5. The Hall–Kier alpha value is -2.32. The van der Waals surface area contributed by atoms with Crippen LogP contribution >= 0.6 is 11.6 Å². The first-order valence-corrected chi connectivity index (χ1v) is 7.84. The van der Waals surface area contributed by atoms with Crippen LogP contribution in [0.25, 0.3) is 0 Å². The van der Waals surface area contributed by atoms with Gasteiger partial charge in [-0.15, -0.1) is 0 Å². The Morgan fingerprint density at radius 3 is 2.55 bits per heavy atom. The summed E-state index contributed by atoms with van der Waals surface area (Å²) in [6.07, 6.45) is 0. The van der Waals surface area contributed by atoms with Crippen molar-refractivity contribution < 1.29 is 18.4 Å². The Bertz CT molecular complexity index is 831. The number of rotatable bonds is 4. The van der Waals surface area contributed by atoms with Crippen LogP contribution in [0.5, 0.6) is 5.75 Å². The van der Waals surface area contributed by atoms with Gasteiger partial charge in [0.2, 0.25) is 0 Å². The van der Waals surface area contributed by atoms with Crippen molar-refractivity contribution in [2.75, 3.05) is 4.72 Å². The summed E-state index contributed by atoms with van der Waals surface area (Å²) >= 11 is 5.73. The van der Waals surface area contributed by atoms with E-state index in [1.165, 1.54) is 12.1 Å². The van der Waals surface area contributed by atoms with Crippen LogP contribution in [-0.4, -0.2) is 18.4 Å². The van der Waals surface area contributed by atoms with Crippen LogP contribution in [0, 0.1) is 17.0 Å². The maximum atomic E-state index is 12.4. The van der Waals surface area contributed by atoms with E-state index in [1.54, 1.807) is 19.1 Å². The van der Waals surface area contributed by atoms with Crippen molar-refractivity contribution in [3.8, 4) is 5.75 Å². The molecule has 0 aliphatic carbocycles. The second kappa shape index (κ2) is 5.82. The number of nitrogens with zero attached hydrogens (tertiary/aromatic N) is 1. The lowest BCUT2D eigenvalue weighted by Gasteiger charge is -2.12. The number of benzene rings is 2. The van der Waals surface area contributed by atoms with Crippen LogP contribution in [0.2, 0.25) is 5.02 Å². The molecule has 0 amide bonds. The molecule has 22 heavy (non-hydrogen) atoms.